The molecule has 114 valence electrons. The molecule has 0 amide bonds. The molecule has 2 saturated heterocycles. The SMILES string of the molecule is CCOC(=O)c1ccc(C[C@H]2CO[C@H]3OCCC[C@@H]23)cc1. The summed E-state index contributed by atoms with van der Waals surface area (Å²) in [6.45, 7) is 3.81. The van der Waals surface area contributed by atoms with Crippen LogP contribution in [0.3, 0.4) is 0 Å². The van der Waals surface area contributed by atoms with Crippen molar-refractivity contribution in [3.8, 4) is 0 Å². The molecule has 4 heteroatoms. The van der Waals surface area contributed by atoms with Crippen LogP contribution >= 0.6 is 0 Å². The first-order valence-corrected chi connectivity index (χ1v) is 7.77. The lowest BCUT2D eigenvalue weighted by Gasteiger charge is -2.27. The zero-order chi connectivity index (χ0) is 14.7. The maximum absolute atomic E-state index is 11.6. The predicted octanol–water partition coefficient (Wildman–Crippen LogP) is 2.80. The van der Waals surface area contributed by atoms with E-state index < -0.39 is 0 Å². The van der Waals surface area contributed by atoms with Crippen LogP contribution in [0.25, 0.3) is 0 Å². The summed E-state index contributed by atoms with van der Waals surface area (Å²) in [5.74, 6) is 0.779. The number of fused-ring (bicyclic) bond motifs is 1. The minimum atomic E-state index is -0.256. The highest BCUT2D eigenvalue weighted by Crippen LogP contribution is 2.36. The van der Waals surface area contributed by atoms with Gasteiger partial charge in [-0.25, -0.2) is 4.79 Å². The van der Waals surface area contributed by atoms with Gasteiger partial charge in [-0.3, -0.25) is 0 Å². The van der Waals surface area contributed by atoms with Crippen LogP contribution in [-0.4, -0.2) is 32.1 Å². The molecule has 2 fully saturated rings. The Kier molecular flexibility index (Phi) is 4.56. The molecule has 0 bridgehead atoms. The smallest absolute Gasteiger partial charge is 0.338 e. The number of hydrogen-bond donors (Lipinski definition) is 0. The van der Waals surface area contributed by atoms with Crippen LogP contribution < -0.4 is 0 Å². The maximum atomic E-state index is 11.6. The first-order valence-electron chi connectivity index (χ1n) is 7.77. The van der Waals surface area contributed by atoms with Crippen LogP contribution in [0.4, 0.5) is 0 Å². The third kappa shape index (κ3) is 3.27. The molecule has 0 aromatic heterocycles. The molecule has 0 aliphatic carbocycles. The lowest BCUT2D eigenvalue weighted by atomic mass is 9.85. The molecule has 0 unspecified atom stereocenters. The summed E-state index contributed by atoms with van der Waals surface area (Å²) in [4.78, 5) is 11.6. The average molecular weight is 290 g/mol. The molecular weight excluding hydrogens is 268 g/mol. The van der Waals surface area contributed by atoms with Crippen molar-refractivity contribution in [1.29, 1.82) is 0 Å². The van der Waals surface area contributed by atoms with Crippen LogP contribution in [-0.2, 0) is 20.6 Å². The Morgan fingerprint density at radius 1 is 1.29 bits per heavy atom. The number of carbonyl (C=O) groups is 1. The Bertz CT molecular complexity index is 482. The van der Waals surface area contributed by atoms with Crippen molar-refractivity contribution in [1.82, 2.24) is 0 Å². The second-order valence-electron chi connectivity index (χ2n) is 5.76. The summed E-state index contributed by atoms with van der Waals surface area (Å²) < 4.78 is 16.4. The largest absolute Gasteiger partial charge is 0.462 e. The lowest BCUT2D eigenvalue weighted by Crippen LogP contribution is -2.29. The third-order valence-electron chi connectivity index (χ3n) is 4.36. The fourth-order valence-corrected chi connectivity index (χ4v) is 3.25. The molecule has 0 saturated carbocycles. The van der Waals surface area contributed by atoms with Crippen LogP contribution in [0.1, 0.15) is 35.7 Å². The predicted molar refractivity (Wildman–Crippen MR) is 78.0 cm³/mol. The van der Waals surface area contributed by atoms with Gasteiger partial charge < -0.3 is 14.2 Å². The molecule has 1 aromatic carbocycles. The van der Waals surface area contributed by atoms with Gasteiger partial charge in [-0.1, -0.05) is 12.1 Å². The van der Waals surface area contributed by atoms with Crippen molar-refractivity contribution in [2.75, 3.05) is 19.8 Å². The molecular formula is C17H22O4. The van der Waals surface area contributed by atoms with Gasteiger partial charge in [-0.2, -0.15) is 0 Å². The van der Waals surface area contributed by atoms with Crippen molar-refractivity contribution in [2.24, 2.45) is 11.8 Å². The molecule has 3 atom stereocenters. The second kappa shape index (κ2) is 6.58. The standard InChI is InChI=1S/C17H22O4/c1-2-19-16(18)13-7-5-12(6-8-13)10-14-11-21-17-15(14)4-3-9-20-17/h5-8,14-15,17H,2-4,9-11H2,1H3/t14-,15-,17+/m0/s1. The molecule has 3 rings (SSSR count). The monoisotopic (exact) mass is 290 g/mol. The van der Waals surface area contributed by atoms with Gasteiger partial charge in [0.25, 0.3) is 0 Å². The van der Waals surface area contributed by atoms with Crippen molar-refractivity contribution >= 4 is 5.97 Å². The quantitative estimate of drug-likeness (QED) is 0.800. The number of benzene rings is 1. The van der Waals surface area contributed by atoms with E-state index in [0.29, 0.717) is 24.0 Å². The van der Waals surface area contributed by atoms with Crippen molar-refractivity contribution < 1.29 is 19.0 Å². The minimum absolute atomic E-state index is 0.00237. The van der Waals surface area contributed by atoms with E-state index in [1.165, 1.54) is 12.0 Å². The molecule has 0 N–H and O–H groups in total. The molecule has 1 aromatic rings. The number of rotatable bonds is 4. The maximum Gasteiger partial charge on any atom is 0.338 e. The van der Waals surface area contributed by atoms with E-state index in [0.717, 1.165) is 26.1 Å². The van der Waals surface area contributed by atoms with Gasteiger partial charge in [0.15, 0.2) is 6.29 Å². The topological polar surface area (TPSA) is 44.8 Å². The fourth-order valence-electron chi connectivity index (χ4n) is 3.25. The third-order valence-corrected chi connectivity index (χ3v) is 4.36. The van der Waals surface area contributed by atoms with Gasteiger partial charge in [0.05, 0.1) is 18.8 Å². The van der Waals surface area contributed by atoms with E-state index in [4.69, 9.17) is 14.2 Å². The molecule has 4 nitrogen and oxygen atoms in total. The lowest BCUT2D eigenvalue weighted by molar-refractivity contribution is -0.151. The summed E-state index contributed by atoms with van der Waals surface area (Å²) in [6.07, 6.45) is 3.30. The average Bonchev–Trinajstić information content (AvgIpc) is 2.92. The fraction of sp³-hybridized carbons (Fsp3) is 0.588. The Morgan fingerprint density at radius 2 is 2.10 bits per heavy atom. The molecule has 0 spiro atoms. The van der Waals surface area contributed by atoms with Gasteiger partial charge >= 0.3 is 5.97 Å². The van der Waals surface area contributed by atoms with Gasteiger partial charge in [0.2, 0.25) is 0 Å². The van der Waals surface area contributed by atoms with Gasteiger partial charge in [-0.15, -0.1) is 0 Å². The van der Waals surface area contributed by atoms with Crippen LogP contribution in [0.2, 0.25) is 0 Å². The molecule has 2 heterocycles. The van der Waals surface area contributed by atoms with Crippen LogP contribution in [0, 0.1) is 11.8 Å². The number of esters is 1. The second-order valence-corrected chi connectivity index (χ2v) is 5.76. The highest BCUT2D eigenvalue weighted by atomic mass is 16.7. The molecule has 0 radical (unpaired) electrons. The first kappa shape index (κ1) is 14.5. The summed E-state index contributed by atoms with van der Waals surface area (Å²) in [7, 11) is 0. The number of hydrogen-bond acceptors (Lipinski definition) is 4. The van der Waals surface area contributed by atoms with Crippen molar-refractivity contribution in [2.45, 2.75) is 32.5 Å². The number of carbonyl (C=O) groups excluding carboxylic acids is 1. The summed E-state index contributed by atoms with van der Waals surface area (Å²) in [5.41, 5.74) is 1.85. The van der Waals surface area contributed by atoms with Crippen LogP contribution in [0.5, 0.6) is 0 Å². The van der Waals surface area contributed by atoms with E-state index in [1.54, 1.807) is 0 Å². The van der Waals surface area contributed by atoms with Gasteiger partial charge in [0.1, 0.15) is 0 Å². The Hall–Kier alpha value is -1.39. The Balaban J connectivity index is 1.61. The van der Waals surface area contributed by atoms with Crippen LogP contribution in [0.15, 0.2) is 24.3 Å². The summed E-state index contributed by atoms with van der Waals surface area (Å²) in [5, 5.41) is 0. The first-order chi connectivity index (χ1) is 10.3. The van der Waals surface area contributed by atoms with E-state index in [2.05, 4.69) is 0 Å². The Labute approximate surface area is 125 Å². The Morgan fingerprint density at radius 3 is 2.86 bits per heavy atom. The zero-order valence-electron chi connectivity index (χ0n) is 12.4. The van der Waals surface area contributed by atoms with Crippen molar-refractivity contribution in [3.63, 3.8) is 0 Å². The van der Waals surface area contributed by atoms with Gasteiger partial charge in [0, 0.05) is 12.5 Å². The summed E-state index contributed by atoms with van der Waals surface area (Å²) in [6, 6.07) is 7.72. The van der Waals surface area contributed by atoms with E-state index in [1.807, 2.05) is 31.2 Å². The number of ether oxygens (including phenoxy) is 3. The molecule has 21 heavy (non-hydrogen) atoms. The van der Waals surface area contributed by atoms with E-state index in [-0.39, 0.29) is 12.3 Å². The minimum Gasteiger partial charge on any atom is -0.462 e. The molecule has 2 aliphatic heterocycles. The molecule has 2 aliphatic rings. The van der Waals surface area contributed by atoms with E-state index in [9.17, 15) is 4.79 Å². The highest BCUT2D eigenvalue weighted by molar-refractivity contribution is 5.89. The highest BCUT2D eigenvalue weighted by Gasteiger charge is 2.39. The summed E-state index contributed by atoms with van der Waals surface area (Å²) >= 11 is 0. The van der Waals surface area contributed by atoms with Crippen molar-refractivity contribution in [3.05, 3.63) is 35.4 Å². The van der Waals surface area contributed by atoms with Gasteiger partial charge in [-0.05, 0) is 49.8 Å². The zero-order valence-corrected chi connectivity index (χ0v) is 12.4. The van der Waals surface area contributed by atoms with E-state index >= 15 is 0 Å². The normalized spacial score (nSPS) is 28.1.